The van der Waals surface area contributed by atoms with Gasteiger partial charge in [0.05, 0.1) is 30.0 Å². The number of fused-ring (bicyclic) bond motifs is 2. The van der Waals surface area contributed by atoms with Crippen LogP contribution in [0.15, 0.2) is 110 Å². The number of carbonyl (C=O) groups is 2. The monoisotopic (exact) mass is 1240 g/mol. The Morgan fingerprint density at radius 2 is 1.03 bits per heavy atom. The molecule has 0 unspecified atom stereocenters. The fourth-order valence-corrected chi connectivity index (χ4v) is 10.7. The number of nitriles is 2. The molecule has 0 saturated carbocycles. The van der Waals surface area contributed by atoms with Crippen molar-refractivity contribution in [2.24, 2.45) is 0 Å². The van der Waals surface area contributed by atoms with E-state index < -0.39 is 12.1 Å². The summed E-state index contributed by atoms with van der Waals surface area (Å²) in [5.74, 6) is 0.471. The Kier molecular flexibility index (Phi) is 21.5. The minimum absolute atomic E-state index is 0. The van der Waals surface area contributed by atoms with E-state index in [0.717, 1.165) is 69.7 Å². The first-order chi connectivity index (χ1) is 41.5. The average molecular weight is 1240 g/mol. The van der Waals surface area contributed by atoms with E-state index in [1.165, 1.54) is 46.9 Å². The van der Waals surface area contributed by atoms with Gasteiger partial charge in [-0.2, -0.15) is 10.5 Å². The lowest BCUT2D eigenvalue weighted by Gasteiger charge is -2.35. The number of thiazole rings is 2. The first kappa shape index (κ1) is 63.8. The van der Waals surface area contributed by atoms with Crippen LogP contribution in [0.1, 0.15) is 69.3 Å². The summed E-state index contributed by atoms with van der Waals surface area (Å²) < 4.78 is 37.0. The number of nitrogens with zero attached hydrogens (tertiary/aromatic N) is 15. The normalized spacial score (nSPS) is 12.6. The number of carbonyl (C=O) groups excluding carboxylic acids is 1. The number of aryl methyl sites for hydroxylation is 2. The van der Waals surface area contributed by atoms with Crippen LogP contribution in [-0.4, -0.2) is 133 Å². The summed E-state index contributed by atoms with van der Waals surface area (Å²) in [6, 6.07) is 23.9. The summed E-state index contributed by atoms with van der Waals surface area (Å²) in [4.78, 5) is 65.7. The van der Waals surface area contributed by atoms with Crippen LogP contribution in [0.5, 0.6) is 0 Å². The van der Waals surface area contributed by atoms with Crippen LogP contribution in [-0.2, 0) is 35.3 Å². The van der Waals surface area contributed by atoms with Crippen molar-refractivity contribution < 1.29 is 35.1 Å². The molecule has 26 heteroatoms. The molecule has 2 saturated heterocycles. The van der Waals surface area contributed by atoms with Gasteiger partial charge in [0.2, 0.25) is 5.91 Å². The van der Waals surface area contributed by atoms with Gasteiger partial charge in [-0.05, 0) is 85.6 Å². The number of imidazole rings is 2. The number of aromatic nitrogens is 10. The third kappa shape index (κ3) is 14.7. The van der Waals surface area contributed by atoms with Gasteiger partial charge in [0, 0.05) is 112 Å². The van der Waals surface area contributed by atoms with Crippen molar-refractivity contribution in [3.05, 3.63) is 154 Å². The highest BCUT2D eigenvalue weighted by molar-refractivity contribution is 7.17. The van der Waals surface area contributed by atoms with E-state index >= 15 is 0 Å². The van der Waals surface area contributed by atoms with Gasteiger partial charge < -0.3 is 35.3 Å². The number of rotatable bonds is 14. The molecule has 2 aliphatic heterocycles. The van der Waals surface area contributed by atoms with Crippen LogP contribution in [0, 0.1) is 34.3 Å². The number of β-amino-alcohol motifs (C(OH)–C–C–N with tert-alkyl or cyclic N) is 2. The topological polar surface area (TPSA) is 276 Å². The van der Waals surface area contributed by atoms with Crippen molar-refractivity contribution in [3.8, 4) is 56.9 Å². The lowest BCUT2D eigenvalue weighted by molar-refractivity contribution is -0.140. The number of aliphatic hydroxyl groups is 2. The molecule has 0 bridgehead atoms. The van der Waals surface area contributed by atoms with Crippen LogP contribution in [0.3, 0.4) is 0 Å². The highest BCUT2D eigenvalue weighted by Gasteiger charge is 2.29. The minimum Gasteiger partial charge on any atom is -0.481 e. The highest BCUT2D eigenvalue weighted by Crippen LogP contribution is 2.39. The molecule has 0 aliphatic carbocycles. The standard InChI is InChI=1S/C29H25FN8O2S.C26H20FN7O2S.C3H7NO.C2H6.CH4.ClH/c1-3-22-28(36(2)29-35-27(23(11-31)41-29)17-4-7-20(30)8-5-17)38-14-18(6-9-25(38)34-22)19-12-32-24(33-13-19)10-26(40)37-15-21(39)16-37;1-3-19-25(33(2)26-32-24(20(11-28)37-26)15-4-7-18(27)8-5-15)34-14-16(6-9-22(34)31-19)17-12-29-21(30-13-17)10-23(35)36;5-3-1-4-2-3;1-2;;/h4-9,12-14,21,39H,3,10,15-16H2,1-2H3;4-9,12-14H,3,10H2,1-2H3,(H,35,36);3-5H,1-2H2;1-2H3;1H4;1H/i;;;1D;;. The number of carboxylic acid groups (broad SMARTS) is 1. The number of hydrogen-bond donors (Lipinski definition) is 4. The Bertz CT molecular complexity index is 4110. The molecule has 1 amide bonds. The van der Waals surface area contributed by atoms with Crippen molar-refractivity contribution in [1.82, 2.24) is 58.9 Å². The third-order valence-corrected chi connectivity index (χ3v) is 15.6. The maximum absolute atomic E-state index is 13.5. The summed E-state index contributed by atoms with van der Waals surface area (Å²) in [6.45, 7) is 8.62. The first-order valence-electron chi connectivity index (χ1n) is 27.5. The van der Waals surface area contributed by atoms with Crippen molar-refractivity contribution in [3.63, 3.8) is 0 Å². The van der Waals surface area contributed by atoms with E-state index in [4.69, 9.17) is 31.5 Å². The van der Waals surface area contributed by atoms with E-state index in [-0.39, 0.29) is 62.1 Å². The number of anilines is 4. The van der Waals surface area contributed by atoms with Gasteiger partial charge >= 0.3 is 5.97 Å². The molecule has 0 radical (unpaired) electrons. The fraction of sp³-hybridized carbons (Fsp3) is 0.279. The summed E-state index contributed by atoms with van der Waals surface area (Å²) in [7, 11) is 3.75. The van der Waals surface area contributed by atoms with Gasteiger partial charge in [-0.25, -0.2) is 48.7 Å². The van der Waals surface area contributed by atoms with Gasteiger partial charge in [0.1, 0.15) is 85.9 Å². The Morgan fingerprint density at radius 1 is 0.655 bits per heavy atom. The van der Waals surface area contributed by atoms with E-state index in [0.29, 0.717) is 81.2 Å². The summed E-state index contributed by atoms with van der Waals surface area (Å²) in [6.07, 6.45) is 11.2. The predicted octanol–water partition coefficient (Wildman–Crippen LogP) is 9.92. The number of aliphatic carboxylic acids is 1. The lowest BCUT2D eigenvalue weighted by atomic mass is 10.1. The summed E-state index contributed by atoms with van der Waals surface area (Å²) in [5, 5.41) is 50.4. The van der Waals surface area contributed by atoms with Crippen LogP contribution in [0.2, 0.25) is 0 Å². The maximum Gasteiger partial charge on any atom is 0.311 e. The van der Waals surface area contributed by atoms with Gasteiger partial charge in [0.15, 0.2) is 10.3 Å². The maximum atomic E-state index is 13.5. The van der Waals surface area contributed by atoms with Gasteiger partial charge in [-0.1, -0.05) is 57.8 Å². The van der Waals surface area contributed by atoms with Crippen LogP contribution < -0.4 is 15.1 Å². The SMILES string of the molecule is C.CCc1nc2ccc(-c3cnc(CC(=O)N4CC(O)C4)nc3)cn2c1N(C)c1nc(-c2ccc(F)cc2)c(C#N)s1.CCc1nc2ccc(-c3cnc(CC(=O)O)nc3)cn2c1N(C)c1nc(-c2ccc(F)cc2)c(C#N)s1.Cl.OC1CNC1.[2H]CC. The van der Waals surface area contributed by atoms with Crippen molar-refractivity contribution >= 4 is 80.2 Å². The molecular weight excluding hydrogens is 1170 g/mol. The van der Waals surface area contributed by atoms with E-state index in [9.17, 15) is 34.0 Å². The molecule has 2 aromatic carbocycles. The second-order valence-corrected chi connectivity index (χ2v) is 21.2. The van der Waals surface area contributed by atoms with Gasteiger partial charge in [-0.3, -0.25) is 18.4 Å². The second kappa shape index (κ2) is 29.3. The zero-order valence-electron chi connectivity index (χ0n) is 48.3. The zero-order chi connectivity index (χ0) is 61.2. The number of aliphatic hydroxyl groups excluding tert-OH is 2. The molecule has 450 valence electrons. The smallest absolute Gasteiger partial charge is 0.311 e. The first-order valence-corrected chi connectivity index (χ1v) is 28.5. The molecule has 0 atom stereocenters. The lowest BCUT2D eigenvalue weighted by Crippen LogP contribution is -2.54. The third-order valence-electron chi connectivity index (χ3n) is 13.5. The molecule has 0 spiro atoms. The molecule has 8 aromatic heterocycles. The molecule has 4 N–H and O–H groups in total. The van der Waals surface area contributed by atoms with Gasteiger partial charge in [-0.15, -0.1) is 12.4 Å². The Hall–Kier alpha value is -9.21. The van der Waals surface area contributed by atoms with Crippen LogP contribution in [0.25, 0.3) is 56.1 Å². The van der Waals surface area contributed by atoms with Crippen molar-refractivity contribution in [1.29, 1.82) is 10.5 Å². The Balaban J connectivity index is 0.000000219. The molecule has 10 heterocycles. The number of halogens is 3. The highest BCUT2D eigenvalue weighted by atomic mass is 35.5. The van der Waals surface area contributed by atoms with E-state index in [2.05, 4.69) is 37.4 Å². The molecular formula is C61H63ClF2N16O5S2. The zero-order valence-corrected chi connectivity index (χ0v) is 49.7. The average Bonchev–Trinajstić information content (AvgIpc) is 1.81. The quantitative estimate of drug-likeness (QED) is 0.0788. The number of amides is 1. The molecule has 2 fully saturated rings. The predicted molar refractivity (Wildman–Crippen MR) is 334 cm³/mol. The Labute approximate surface area is 516 Å². The molecule has 21 nitrogen and oxygen atoms in total. The van der Waals surface area contributed by atoms with Gasteiger partial charge in [0.25, 0.3) is 0 Å². The van der Waals surface area contributed by atoms with E-state index in [1.54, 1.807) is 60.9 Å². The number of likely N-dealkylation sites (tertiary alicyclic amines) is 1. The summed E-state index contributed by atoms with van der Waals surface area (Å²) in [5.41, 5.74) is 8.75. The number of pyridine rings is 2. The van der Waals surface area contributed by atoms with Crippen LogP contribution >= 0.6 is 35.1 Å². The summed E-state index contributed by atoms with van der Waals surface area (Å²) >= 11 is 2.51. The number of hydrogen-bond acceptors (Lipinski definition) is 19. The molecule has 10 aromatic rings. The van der Waals surface area contributed by atoms with Crippen molar-refractivity contribution in [2.45, 2.75) is 73.0 Å². The second-order valence-electron chi connectivity index (χ2n) is 19.3. The molecule has 2 aliphatic rings. The van der Waals surface area contributed by atoms with E-state index in [1.807, 2.05) is 83.2 Å². The number of carboxylic acids is 1. The van der Waals surface area contributed by atoms with Crippen LogP contribution in [0.4, 0.5) is 30.7 Å². The van der Waals surface area contributed by atoms with Crippen molar-refractivity contribution in [2.75, 3.05) is 50.1 Å². The minimum atomic E-state index is -0.989. The fourth-order valence-electron chi connectivity index (χ4n) is 9.04. The Morgan fingerprint density at radius 3 is 1.37 bits per heavy atom. The molecule has 12 rings (SSSR count). The number of benzene rings is 2. The molecule has 87 heavy (non-hydrogen) atoms. The largest absolute Gasteiger partial charge is 0.481 e. The number of nitrogens with one attached hydrogen (secondary N) is 1.